The first-order valence-electron chi connectivity index (χ1n) is 9.72. The molecule has 0 aliphatic carbocycles. The van der Waals surface area contributed by atoms with E-state index in [0.29, 0.717) is 12.8 Å². The molecule has 4 rings (SSSR count). The summed E-state index contributed by atoms with van der Waals surface area (Å²) < 4.78 is 0. The van der Waals surface area contributed by atoms with E-state index in [-0.39, 0.29) is 11.9 Å². The van der Waals surface area contributed by atoms with E-state index in [1.165, 1.54) is 11.3 Å². The Labute approximate surface area is 159 Å². The fourth-order valence-corrected chi connectivity index (χ4v) is 3.76. The summed E-state index contributed by atoms with van der Waals surface area (Å²) in [7, 11) is 0. The molecular weight excluding hydrogens is 336 g/mol. The quantitative estimate of drug-likeness (QED) is 0.729. The van der Waals surface area contributed by atoms with Crippen molar-refractivity contribution in [1.82, 2.24) is 15.3 Å². The third-order valence-electron chi connectivity index (χ3n) is 5.25. The van der Waals surface area contributed by atoms with Crippen molar-refractivity contribution in [3.63, 3.8) is 0 Å². The number of hydrogen-bond donors (Lipinski definition) is 2. The number of aryl methyl sites for hydroxylation is 2. The summed E-state index contributed by atoms with van der Waals surface area (Å²) in [5, 5.41) is 3.20. The molecule has 1 aliphatic heterocycles. The molecule has 5 heteroatoms. The van der Waals surface area contributed by atoms with Gasteiger partial charge in [0.05, 0.1) is 11.0 Å². The predicted molar refractivity (Wildman–Crippen MR) is 109 cm³/mol. The number of hydrogen-bond acceptors (Lipinski definition) is 3. The van der Waals surface area contributed by atoms with Gasteiger partial charge in [0.25, 0.3) is 0 Å². The number of para-hydroxylation sites is 2. The van der Waals surface area contributed by atoms with Crippen LogP contribution in [0.4, 0.5) is 5.69 Å². The van der Waals surface area contributed by atoms with Gasteiger partial charge in [0, 0.05) is 37.7 Å². The highest BCUT2D eigenvalue weighted by molar-refractivity contribution is 5.77. The SMILES string of the molecule is Cc1cccc(N2CCC(NC(=O)CCc3nc4ccccc4[nH]3)CC2)c1. The van der Waals surface area contributed by atoms with E-state index in [9.17, 15) is 4.79 Å². The highest BCUT2D eigenvalue weighted by Gasteiger charge is 2.21. The zero-order valence-electron chi connectivity index (χ0n) is 15.7. The Morgan fingerprint density at radius 2 is 2.00 bits per heavy atom. The molecular formula is C22H26N4O. The van der Waals surface area contributed by atoms with Crippen LogP contribution >= 0.6 is 0 Å². The average molecular weight is 362 g/mol. The molecule has 2 heterocycles. The number of amides is 1. The fraction of sp³-hybridized carbons (Fsp3) is 0.364. The first-order valence-corrected chi connectivity index (χ1v) is 9.72. The number of H-pyrrole nitrogens is 1. The van der Waals surface area contributed by atoms with Crippen LogP contribution in [-0.4, -0.2) is 35.0 Å². The number of nitrogens with zero attached hydrogens (tertiary/aromatic N) is 2. The molecule has 0 bridgehead atoms. The van der Waals surface area contributed by atoms with Gasteiger partial charge in [-0.15, -0.1) is 0 Å². The molecule has 0 spiro atoms. The van der Waals surface area contributed by atoms with Crippen molar-refractivity contribution in [3.8, 4) is 0 Å². The van der Waals surface area contributed by atoms with E-state index in [0.717, 1.165) is 42.8 Å². The van der Waals surface area contributed by atoms with Crippen LogP contribution in [-0.2, 0) is 11.2 Å². The molecule has 3 aromatic rings. The second-order valence-electron chi connectivity index (χ2n) is 7.37. The summed E-state index contributed by atoms with van der Waals surface area (Å²) in [6.07, 6.45) is 3.09. The monoisotopic (exact) mass is 362 g/mol. The summed E-state index contributed by atoms with van der Waals surface area (Å²) in [5.41, 5.74) is 4.55. The van der Waals surface area contributed by atoms with Crippen molar-refractivity contribution < 1.29 is 4.79 Å². The van der Waals surface area contributed by atoms with Crippen LogP contribution in [0, 0.1) is 6.92 Å². The minimum absolute atomic E-state index is 0.115. The Balaban J connectivity index is 1.24. The Kier molecular flexibility index (Phi) is 5.10. The minimum atomic E-state index is 0.115. The first kappa shape index (κ1) is 17.6. The predicted octanol–water partition coefficient (Wildman–Crippen LogP) is 3.59. The molecule has 1 aromatic heterocycles. The third kappa shape index (κ3) is 4.30. The zero-order valence-corrected chi connectivity index (χ0v) is 15.7. The summed E-state index contributed by atoms with van der Waals surface area (Å²) in [4.78, 5) is 22.6. The number of anilines is 1. The van der Waals surface area contributed by atoms with Crippen molar-refractivity contribution in [2.24, 2.45) is 0 Å². The van der Waals surface area contributed by atoms with Crippen molar-refractivity contribution in [3.05, 3.63) is 59.9 Å². The third-order valence-corrected chi connectivity index (χ3v) is 5.25. The lowest BCUT2D eigenvalue weighted by atomic mass is 10.0. The molecule has 0 saturated carbocycles. The number of imidazole rings is 1. The number of piperidine rings is 1. The maximum absolute atomic E-state index is 12.3. The first-order chi connectivity index (χ1) is 13.2. The van der Waals surface area contributed by atoms with Gasteiger partial charge in [0.2, 0.25) is 5.91 Å². The van der Waals surface area contributed by atoms with Gasteiger partial charge in [-0.3, -0.25) is 4.79 Å². The number of benzene rings is 2. The highest BCUT2D eigenvalue weighted by Crippen LogP contribution is 2.21. The molecule has 0 atom stereocenters. The van der Waals surface area contributed by atoms with E-state index in [1.807, 2.05) is 24.3 Å². The zero-order chi connectivity index (χ0) is 18.6. The standard InChI is InChI=1S/C22H26N4O/c1-16-5-4-6-18(15-16)26-13-11-17(12-14-26)23-22(27)10-9-21-24-19-7-2-3-8-20(19)25-21/h2-8,15,17H,9-14H2,1H3,(H,23,27)(H,24,25). The Morgan fingerprint density at radius 3 is 2.78 bits per heavy atom. The molecule has 1 saturated heterocycles. The van der Waals surface area contributed by atoms with E-state index < -0.39 is 0 Å². The van der Waals surface area contributed by atoms with E-state index in [1.54, 1.807) is 0 Å². The summed E-state index contributed by atoms with van der Waals surface area (Å²) in [6, 6.07) is 16.9. The molecule has 0 unspecified atom stereocenters. The van der Waals surface area contributed by atoms with Crippen LogP contribution in [0.15, 0.2) is 48.5 Å². The van der Waals surface area contributed by atoms with Crippen molar-refractivity contribution in [2.45, 2.75) is 38.6 Å². The molecule has 2 aromatic carbocycles. The van der Waals surface area contributed by atoms with Gasteiger partial charge < -0.3 is 15.2 Å². The lowest BCUT2D eigenvalue weighted by Crippen LogP contribution is -2.44. The Morgan fingerprint density at radius 1 is 1.19 bits per heavy atom. The van der Waals surface area contributed by atoms with Crippen molar-refractivity contribution >= 4 is 22.6 Å². The maximum Gasteiger partial charge on any atom is 0.220 e. The van der Waals surface area contributed by atoms with Crippen LogP contribution in [0.2, 0.25) is 0 Å². The molecule has 27 heavy (non-hydrogen) atoms. The van der Waals surface area contributed by atoms with Gasteiger partial charge in [-0.2, -0.15) is 0 Å². The molecule has 5 nitrogen and oxygen atoms in total. The topological polar surface area (TPSA) is 61.0 Å². The molecule has 1 fully saturated rings. The smallest absolute Gasteiger partial charge is 0.220 e. The van der Waals surface area contributed by atoms with Gasteiger partial charge in [-0.25, -0.2) is 4.98 Å². The molecule has 1 amide bonds. The Hall–Kier alpha value is -2.82. The summed E-state index contributed by atoms with van der Waals surface area (Å²) in [5.74, 6) is 0.991. The number of nitrogens with one attached hydrogen (secondary N) is 2. The number of carbonyl (C=O) groups is 1. The lowest BCUT2D eigenvalue weighted by molar-refractivity contribution is -0.121. The number of fused-ring (bicyclic) bond motifs is 1. The number of carbonyl (C=O) groups excluding carboxylic acids is 1. The largest absolute Gasteiger partial charge is 0.371 e. The van der Waals surface area contributed by atoms with Gasteiger partial charge >= 0.3 is 0 Å². The normalized spacial score (nSPS) is 15.2. The number of aromatic nitrogens is 2. The lowest BCUT2D eigenvalue weighted by Gasteiger charge is -2.34. The summed E-state index contributed by atoms with van der Waals surface area (Å²) >= 11 is 0. The second-order valence-corrected chi connectivity index (χ2v) is 7.37. The highest BCUT2D eigenvalue weighted by atomic mass is 16.1. The van der Waals surface area contributed by atoms with Crippen molar-refractivity contribution in [2.75, 3.05) is 18.0 Å². The second kappa shape index (κ2) is 7.82. The fourth-order valence-electron chi connectivity index (χ4n) is 3.76. The number of aromatic amines is 1. The molecule has 140 valence electrons. The summed E-state index contributed by atoms with van der Waals surface area (Å²) in [6.45, 7) is 4.09. The van der Waals surface area contributed by atoms with E-state index >= 15 is 0 Å². The van der Waals surface area contributed by atoms with Gasteiger partial charge in [0.1, 0.15) is 5.82 Å². The van der Waals surface area contributed by atoms with Crippen molar-refractivity contribution in [1.29, 1.82) is 0 Å². The van der Waals surface area contributed by atoms with Gasteiger partial charge in [-0.05, 0) is 49.6 Å². The van der Waals surface area contributed by atoms with E-state index in [2.05, 4.69) is 51.4 Å². The molecule has 1 aliphatic rings. The van der Waals surface area contributed by atoms with Gasteiger partial charge in [-0.1, -0.05) is 24.3 Å². The molecule has 0 radical (unpaired) electrons. The molecule has 2 N–H and O–H groups in total. The van der Waals surface area contributed by atoms with E-state index in [4.69, 9.17) is 0 Å². The van der Waals surface area contributed by atoms with Crippen LogP contribution in [0.1, 0.15) is 30.7 Å². The van der Waals surface area contributed by atoms with Crippen LogP contribution in [0.5, 0.6) is 0 Å². The van der Waals surface area contributed by atoms with Crippen LogP contribution in [0.25, 0.3) is 11.0 Å². The van der Waals surface area contributed by atoms with Gasteiger partial charge in [0.15, 0.2) is 0 Å². The van der Waals surface area contributed by atoms with Crippen LogP contribution < -0.4 is 10.2 Å². The maximum atomic E-state index is 12.3. The minimum Gasteiger partial charge on any atom is -0.371 e. The Bertz CT molecular complexity index is 892. The van der Waals surface area contributed by atoms with Crippen LogP contribution in [0.3, 0.4) is 0 Å². The average Bonchev–Trinajstić information content (AvgIpc) is 3.10. The number of rotatable bonds is 5.